The molecule has 1 fully saturated rings. The van der Waals surface area contributed by atoms with Crippen LogP contribution < -0.4 is 4.90 Å². The van der Waals surface area contributed by atoms with E-state index in [4.69, 9.17) is 11.6 Å². The number of fused-ring (bicyclic) bond motifs is 1. The van der Waals surface area contributed by atoms with Crippen molar-refractivity contribution >= 4 is 45.6 Å². The number of aromatic nitrogens is 2. The number of Topliss-reactive ketones (excluding diaryl/α,β-unsaturated/α-hetero) is 1. The van der Waals surface area contributed by atoms with Gasteiger partial charge in [-0.3, -0.25) is 19.5 Å². The van der Waals surface area contributed by atoms with Gasteiger partial charge in [-0.2, -0.15) is 0 Å². The Kier molecular flexibility index (Phi) is 4.75. The third-order valence-corrected chi connectivity index (χ3v) is 5.78. The van der Waals surface area contributed by atoms with Crippen LogP contribution in [0.1, 0.15) is 17.2 Å². The fraction of sp³-hybridized carbons (Fsp3) is 0.0417. The summed E-state index contributed by atoms with van der Waals surface area (Å²) in [5, 5.41) is 11.8. The van der Waals surface area contributed by atoms with Gasteiger partial charge in [0, 0.05) is 40.7 Å². The smallest absolute Gasteiger partial charge is 0.300 e. The number of hydrogen-bond acceptors (Lipinski definition) is 4. The molecule has 4 aromatic rings. The second kappa shape index (κ2) is 7.62. The van der Waals surface area contributed by atoms with Gasteiger partial charge in [0.2, 0.25) is 0 Å². The van der Waals surface area contributed by atoms with Crippen molar-refractivity contribution in [2.45, 2.75) is 6.04 Å². The number of nitrogens with zero attached hydrogens (tertiary/aromatic N) is 2. The Balaban J connectivity index is 1.76. The lowest BCUT2D eigenvalue weighted by Crippen LogP contribution is -2.29. The van der Waals surface area contributed by atoms with E-state index in [1.165, 1.54) is 29.4 Å². The van der Waals surface area contributed by atoms with Gasteiger partial charge in [0.05, 0.1) is 16.6 Å². The minimum absolute atomic E-state index is 0.0774. The molecule has 158 valence electrons. The quantitative estimate of drug-likeness (QED) is 0.263. The van der Waals surface area contributed by atoms with Crippen molar-refractivity contribution in [1.82, 2.24) is 9.97 Å². The molecule has 8 heteroatoms. The minimum Gasteiger partial charge on any atom is -0.507 e. The zero-order chi connectivity index (χ0) is 22.4. The van der Waals surface area contributed by atoms with Crippen LogP contribution in [0.2, 0.25) is 5.02 Å². The maximum absolute atomic E-state index is 13.8. The maximum Gasteiger partial charge on any atom is 0.300 e. The number of nitrogens with one attached hydrogen (secondary N) is 1. The van der Waals surface area contributed by atoms with Gasteiger partial charge >= 0.3 is 0 Å². The molecule has 6 nitrogen and oxygen atoms in total. The van der Waals surface area contributed by atoms with Crippen molar-refractivity contribution in [2.24, 2.45) is 0 Å². The topological polar surface area (TPSA) is 86.3 Å². The number of anilines is 1. The van der Waals surface area contributed by atoms with Crippen molar-refractivity contribution < 1.29 is 19.1 Å². The Labute approximate surface area is 186 Å². The summed E-state index contributed by atoms with van der Waals surface area (Å²) in [5.41, 5.74) is 1.88. The predicted octanol–water partition coefficient (Wildman–Crippen LogP) is 4.98. The number of ketones is 1. The number of aromatic amines is 1. The van der Waals surface area contributed by atoms with Gasteiger partial charge in [0.25, 0.3) is 11.7 Å². The van der Waals surface area contributed by atoms with E-state index in [1.54, 1.807) is 24.4 Å². The lowest BCUT2D eigenvalue weighted by atomic mass is 9.95. The second-order valence-corrected chi connectivity index (χ2v) is 7.70. The number of pyridine rings is 1. The number of H-pyrrole nitrogens is 1. The molecule has 2 aromatic heterocycles. The third-order valence-electron chi connectivity index (χ3n) is 5.49. The van der Waals surface area contributed by atoms with Crippen LogP contribution >= 0.6 is 11.6 Å². The summed E-state index contributed by atoms with van der Waals surface area (Å²) in [5.74, 6) is -2.66. The number of aliphatic hydroxyl groups excluding tert-OH is 1. The highest BCUT2D eigenvalue weighted by Crippen LogP contribution is 2.43. The molecule has 0 spiro atoms. The number of benzene rings is 2. The van der Waals surface area contributed by atoms with E-state index in [0.717, 1.165) is 11.6 Å². The molecular weight excluding hydrogens is 433 g/mol. The van der Waals surface area contributed by atoms with Gasteiger partial charge in [-0.05, 0) is 42.0 Å². The van der Waals surface area contributed by atoms with E-state index in [-0.39, 0.29) is 22.0 Å². The Morgan fingerprint density at radius 1 is 1.09 bits per heavy atom. The lowest BCUT2D eigenvalue weighted by Gasteiger charge is -2.25. The van der Waals surface area contributed by atoms with Crippen LogP contribution in [-0.4, -0.2) is 26.8 Å². The van der Waals surface area contributed by atoms with Crippen LogP contribution in [0.25, 0.3) is 16.7 Å². The first-order chi connectivity index (χ1) is 15.5. The molecule has 3 heterocycles. The molecule has 1 unspecified atom stereocenters. The number of hydrogen-bond donors (Lipinski definition) is 2. The molecule has 1 aliphatic heterocycles. The average molecular weight is 448 g/mol. The fourth-order valence-electron chi connectivity index (χ4n) is 4.01. The molecule has 32 heavy (non-hydrogen) atoms. The molecule has 1 aliphatic rings. The van der Waals surface area contributed by atoms with E-state index in [1.807, 2.05) is 18.2 Å². The monoisotopic (exact) mass is 447 g/mol. The predicted molar refractivity (Wildman–Crippen MR) is 119 cm³/mol. The summed E-state index contributed by atoms with van der Waals surface area (Å²) < 4.78 is 13.8. The van der Waals surface area contributed by atoms with Gasteiger partial charge < -0.3 is 10.1 Å². The van der Waals surface area contributed by atoms with Gasteiger partial charge in [-0.1, -0.05) is 29.8 Å². The van der Waals surface area contributed by atoms with Gasteiger partial charge in [-0.25, -0.2) is 4.39 Å². The number of rotatable bonds is 3. The number of halogens is 2. The van der Waals surface area contributed by atoms with Crippen LogP contribution in [-0.2, 0) is 9.59 Å². The Morgan fingerprint density at radius 3 is 2.59 bits per heavy atom. The number of carbonyl (C=O) groups is 2. The number of carbonyl (C=O) groups excluding carboxylic acids is 2. The molecule has 1 saturated heterocycles. The van der Waals surface area contributed by atoms with Crippen molar-refractivity contribution in [3.8, 4) is 0 Å². The van der Waals surface area contributed by atoms with Crippen LogP contribution in [0, 0.1) is 5.82 Å². The van der Waals surface area contributed by atoms with Gasteiger partial charge in [0.15, 0.2) is 0 Å². The van der Waals surface area contributed by atoms with Crippen molar-refractivity contribution in [3.05, 3.63) is 101 Å². The summed E-state index contributed by atoms with van der Waals surface area (Å²) in [6.45, 7) is 0. The van der Waals surface area contributed by atoms with Crippen molar-refractivity contribution in [1.29, 1.82) is 0 Å². The van der Waals surface area contributed by atoms with Crippen LogP contribution in [0.15, 0.2) is 78.8 Å². The Hall–Kier alpha value is -3.97. The molecule has 1 atom stereocenters. The maximum atomic E-state index is 13.8. The highest BCUT2D eigenvalue weighted by Gasteiger charge is 2.47. The summed E-state index contributed by atoms with van der Waals surface area (Å²) >= 11 is 5.94. The molecule has 0 aliphatic carbocycles. The summed E-state index contributed by atoms with van der Waals surface area (Å²) in [6.07, 6.45) is 4.64. The summed E-state index contributed by atoms with van der Waals surface area (Å²) in [4.78, 5) is 34.5. The van der Waals surface area contributed by atoms with Crippen LogP contribution in [0.5, 0.6) is 0 Å². The number of amides is 1. The molecule has 2 aromatic carbocycles. The minimum atomic E-state index is -0.951. The molecule has 2 N–H and O–H groups in total. The summed E-state index contributed by atoms with van der Waals surface area (Å²) in [7, 11) is 0. The molecule has 0 saturated carbocycles. The number of para-hydroxylation sites is 1. The standard InChI is InChI=1S/C24H15ClFN3O3/c25-17-11-14(5-6-18(17)26)29-21(13-7-9-27-10-8-13)20(23(31)24(29)32)22(30)16-12-28-19-4-2-1-3-15(16)19/h1-12,21,28,30H/b22-20-. The number of aliphatic hydroxyl groups is 1. The molecule has 5 rings (SSSR count). The van der Waals surface area contributed by atoms with E-state index in [0.29, 0.717) is 16.5 Å². The largest absolute Gasteiger partial charge is 0.507 e. The van der Waals surface area contributed by atoms with E-state index in [9.17, 15) is 19.1 Å². The average Bonchev–Trinajstić information content (AvgIpc) is 3.35. The van der Waals surface area contributed by atoms with E-state index >= 15 is 0 Å². The van der Waals surface area contributed by atoms with Crippen LogP contribution in [0.4, 0.5) is 10.1 Å². The molecular formula is C24H15ClFN3O3. The fourth-order valence-corrected chi connectivity index (χ4v) is 4.18. The Bertz CT molecular complexity index is 1410. The van der Waals surface area contributed by atoms with E-state index < -0.39 is 23.5 Å². The first kappa shape index (κ1) is 20.0. The molecule has 0 radical (unpaired) electrons. The van der Waals surface area contributed by atoms with Crippen molar-refractivity contribution in [3.63, 3.8) is 0 Å². The molecule has 0 bridgehead atoms. The highest BCUT2D eigenvalue weighted by molar-refractivity contribution is 6.52. The van der Waals surface area contributed by atoms with Gasteiger partial charge in [0.1, 0.15) is 11.6 Å². The Morgan fingerprint density at radius 2 is 1.84 bits per heavy atom. The van der Waals surface area contributed by atoms with E-state index in [2.05, 4.69) is 9.97 Å². The first-order valence-electron chi connectivity index (χ1n) is 9.70. The lowest BCUT2D eigenvalue weighted by molar-refractivity contribution is -0.132. The zero-order valence-corrected chi connectivity index (χ0v) is 17.2. The van der Waals surface area contributed by atoms with Crippen molar-refractivity contribution in [2.75, 3.05) is 4.90 Å². The summed E-state index contributed by atoms with van der Waals surface area (Å²) in [6, 6.07) is 13.4. The molecule has 1 amide bonds. The van der Waals surface area contributed by atoms with Gasteiger partial charge in [-0.15, -0.1) is 0 Å². The van der Waals surface area contributed by atoms with Crippen LogP contribution in [0.3, 0.4) is 0 Å². The highest BCUT2D eigenvalue weighted by atomic mass is 35.5. The second-order valence-electron chi connectivity index (χ2n) is 7.30. The SMILES string of the molecule is O=C1C(=O)N(c2ccc(F)c(Cl)c2)C(c2ccncc2)/C1=C(/O)c1c[nH]c2ccccc12. The normalized spacial score (nSPS) is 17.9. The third kappa shape index (κ3) is 3.06. The first-order valence-corrected chi connectivity index (χ1v) is 10.1. The zero-order valence-electron chi connectivity index (χ0n) is 16.4.